The fraction of sp³-hybridized carbons (Fsp3) is 0.300. The highest BCUT2D eigenvalue weighted by molar-refractivity contribution is 6.04. The standard InChI is InChI=1S/C30H31N3O3/c1-18(27(34)21-13-16-26-25(17-21)32(6)29(35)19(2)36-26)33-24-10-8-7-9-23(24)31-28(33)20-11-14-22(15-12-20)30(3,4)5/h7-19H,1-6H3. The number of Topliss-reactive ketones (excluding diaryl/α,β-unsaturated/α-hetero) is 1. The summed E-state index contributed by atoms with van der Waals surface area (Å²) in [6, 6.07) is 21.1. The molecule has 0 fully saturated rings. The Morgan fingerprint density at radius 3 is 2.42 bits per heavy atom. The summed E-state index contributed by atoms with van der Waals surface area (Å²) < 4.78 is 7.74. The summed E-state index contributed by atoms with van der Waals surface area (Å²) in [6.07, 6.45) is -0.549. The monoisotopic (exact) mass is 481 g/mol. The lowest BCUT2D eigenvalue weighted by atomic mass is 9.86. The van der Waals surface area contributed by atoms with Crippen molar-refractivity contribution in [1.29, 1.82) is 0 Å². The van der Waals surface area contributed by atoms with Crippen molar-refractivity contribution in [1.82, 2.24) is 9.55 Å². The molecule has 0 spiro atoms. The van der Waals surface area contributed by atoms with Gasteiger partial charge in [0.15, 0.2) is 11.9 Å². The van der Waals surface area contributed by atoms with Gasteiger partial charge in [-0.15, -0.1) is 0 Å². The van der Waals surface area contributed by atoms with Crippen molar-refractivity contribution < 1.29 is 14.3 Å². The van der Waals surface area contributed by atoms with Gasteiger partial charge in [-0.1, -0.05) is 57.2 Å². The second-order valence-electron chi connectivity index (χ2n) is 10.5. The van der Waals surface area contributed by atoms with Gasteiger partial charge in [0.05, 0.1) is 22.8 Å². The van der Waals surface area contributed by atoms with E-state index < -0.39 is 12.1 Å². The van der Waals surface area contributed by atoms with E-state index >= 15 is 0 Å². The molecule has 2 unspecified atom stereocenters. The summed E-state index contributed by atoms with van der Waals surface area (Å²) in [7, 11) is 1.71. The molecule has 0 radical (unpaired) electrons. The molecular formula is C30H31N3O3. The Morgan fingerprint density at radius 2 is 1.72 bits per heavy atom. The van der Waals surface area contributed by atoms with Gasteiger partial charge in [-0.3, -0.25) is 9.59 Å². The fourth-order valence-electron chi connectivity index (χ4n) is 4.78. The van der Waals surface area contributed by atoms with Crippen LogP contribution in [0.15, 0.2) is 66.7 Å². The van der Waals surface area contributed by atoms with Crippen molar-refractivity contribution in [3.8, 4) is 17.1 Å². The molecular weight excluding hydrogens is 450 g/mol. The molecule has 0 saturated carbocycles. The van der Waals surface area contributed by atoms with Crippen molar-refractivity contribution in [2.45, 2.75) is 52.2 Å². The molecule has 0 saturated heterocycles. The number of imidazole rings is 1. The van der Waals surface area contributed by atoms with Gasteiger partial charge in [0, 0.05) is 18.2 Å². The number of nitrogens with zero attached hydrogens (tertiary/aromatic N) is 3. The summed E-state index contributed by atoms with van der Waals surface area (Å²) in [5, 5.41) is 0. The number of benzene rings is 3. The van der Waals surface area contributed by atoms with Crippen LogP contribution in [0.2, 0.25) is 0 Å². The molecule has 6 heteroatoms. The minimum atomic E-state index is -0.549. The fourth-order valence-corrected chi connectivity index (χ4v) is 4.78. The smallest absolute Gasteiger partial charge is 0.267 e. The predicted octanol–water partition coefficient (Wildman–Crippen LogP) is 6.19. The van der Waals surface area contributed by atoms with Crippen molar-refractivity contribution in [3.05, 3.63) is 77.9 Å². The Hall–Kier alpha value is -3.93. The number of amides is 1. The summed E-state index contributed by atoms with van der Waals surface area (Å²) in [5.41, 5.74) is 5.10. The van der Waals surface area contributed by atoms with E-state index in [2.05, 4.69) is 45.0 Å². The van der Waals surface area contributed by atoms with E-state index in [0.29, 0.717) is 17.0 Å². The van der Waals surface area contributed by atoms with E-state index in [1.54, 1.807) is 37.1 Å². The van der Waals surface area contributed by atoms with E-state index in [1.165, 1.54) is 5.56 Å². The van der Waals surface area contributed by atoms with Gasteiger partial charge >= 0.3 is 0 Å². The van der Waals surface area contributed by atoms with Crippen LogP contribution in [0.1, 0.15) is 56.6 Å². The lowest BCUT2D eigenvalue weighted by Gasteiger charge is -2.30. The van der Waals surface area contributed by atoms with Crippen LogP contribution >= 0.6 is 0 Å². The molecule has 36 heavy (non-hydrogen) atoms. The topological polar surface area (TPSA) is 64.4 Å². The third kappa shape index (κ3) is 3.96. The molecule has 2 heterocycles. The SMILES string of the molecule is CC1Oc2ccc(C(=O)C(C)n3c(-c4ccc(C(C)(C)C)cc4)nc4ccccc43)cc2N(C)C1=O. The van der Waals surface area contributed by atoms with Crippen LogP contribution in [0, 0.1) is 0 Å². The van der Waals surface area contributed by atoms with E-state index in [1.807, 2.05) is 35.8 Å². The van der Waals surface area contributed by atoms with Crippen molar-refractivity contribution in [3.63, 3.8) is 0 Å². The van der Waals surface area contributed by atoms with Crippen LogP contribution in [-0.4, -0.2) is 34.4 Å². The zero-order valence-corrected chi connectivity index (χ0v) is 21.6. The molecule has 6 nitrogen and oxygen atoms in total. The van der Waals surface area contributed by atoms with Crippen molar-refractivity contribution in [2.75, 3.05) is 11.9 Å². The van der Waals surface area contributed by atoms with Gasteiger partial charge in [0.25, 0.3) is 5.91 Å². The third-order valence-electron chi connectivity index (χ3n) is 6.96. The highest BCUT2D eigenvalue weighted by Gasteiger charge is 2.31. The van der Waals surface area contributed by atoms with Gasteiger partial charge < -0.3 is 14.2 Å². The number of hydrogen-bond acceptors (Lipinski definition) is 4. The average molecular weight is 482 g/mol. The molecule has 3 aromatic carbocycles. The minimum absolute atomic E-state index is 0.0461. The lowest BCUT2D eigenvalue weighted by Crippen LogP contribution is -2.42. The van der Waals surface area contributed by atoms with Crippen molar-refractivity contribution in [2.24, 2.45) is 0 Å². The first-order valence-corrected chi connectivity index (χ1v) is 12.3. The number of hydrogen-bond donors (Lipinski definition) is 0. The zero-order chi connectivity index (χ0) is 25.8. The Balaban J connectivity index is 1.57. The normalized spacial score (nSPS) is 16.6. The largest absolute Gasteiger partial charge is 0.479 e. The predicted molar refractivity (Wildman–Crippen MR) is 143 cm³/mol. The maximum Gasteiger partial charge on any atom is 0.267 e. The quantitative estimate of drug-likeness (QED) is 0.326. The molecule has 1 aliphatic heterocycles. The van der Waals surface area contributed by atoms with Crippen LogP contribution in [0.3, 0.4) is 0 Å². The van der Waals surface area contributed by atoms with E-state index in [0.717, 1.165) is 22.4 Å². The zero-order valence-electron chi connectivity index (χ0n) is 21.6. The summed E-state index contributed by atoms with van der Waals surface area (Å²) in [4.78, 5) is 32.7. The molecule has 184 valence electrons. The van der Waals surface area contributed by atoms with E-state index in [-0.39, 0.29) is 17.1 Å². The molecule has 4 aromatic rings. The Kier molecular flexibility index (Phi) is 5.70. The van der Waals surface area contributed by atoms with E-state index in [9.17, 15) is 9.59 Å². The average Bonchev–Trinajstić information content (AvgIpc) is 3.25. The number of rotatable bonds is 4. The second-order valence-corrected chi connectivity index (χ2v) is 10.5. The summed E-state index contributed by atoms with van der Waals surface area (Å²) in [6.45, 7) is 10.2. The number of carbonyl (C=O) groups is 2. The second kappa shape index (κ2) is 8.63. The molecule has 0 aliphatic carbocycles. The van der Waals surface area contributed by atoms with Gasteiger partial charge in [-0.2, -0.15) is 0 Å². The van der Waals surface area contributed by atoms with Crippen LogP contribution < -0.4 is 9.64 Å². The number of anilines is 1. The Labute approximate surface area is 211 Å². The molecule has 0 N–H and O–H groups in total. The first-order chi connectivity index (χ1) is 17.1. The molecule has 2 atom stereocenters. The first-order valence-electron chi connectivity index (χ1n) is 12.3. The van der Waals surface area contributed by atoms with Gasteiger partial charge in [0.2, 0.25) is 0 Å². The maximum absolute atomic E-state index is 13.8. The Morgan fingerprint density at radius 1 is 1.03 bits per heavy atom. The third-order valence-corrected chi connectivity index (χ3v) is 6.96. The summed E-state index contributed by atoms with van der Waals surface area (Å²) >= 11 is 0. The van der Waals surface area contributed by atoms with Crippen molar-refractivity contribution >= 4 is 28.4 Å². The number of ketones is 1. The first kappa shape index (κ1) is 23.8. The van der Waals surface area contributed by atoms with Crippen LogP contribution in [0.25, 0.3) is 22.4 Å². The molecule has 5 rings (SSSR count). The minimum Gasteiger partial charge on any atom is -0.479 e. The van der Waals surface area contributed by atoms with Crippen LogP contribution in [0.4, 0.5) is 5.69 Å². The van der Waals surface area contributed by atoms with Gasteiger partial charge in [0.1, 0.15) is 11.6 Å². The lowest BCUT2D eigenvalue weighted by molar-refractivity contribution is -0.125. The maximum atomic E-state index is 13.8. The van der Waals surface area contributed by atoms with Crippen LogP contribution in [0.5, 0.6) is 5.75 Å². The molecule has 1 aliphatic rings. The van der Waals surface area contributed by atoms with Gasteiger partial charge in [-0.05, 0) is 55.2 Å². The van der Waals surface area contributed by atoms with Gasteiger partial charge in [-0.25, -0.2) is 4.98 Å². The number of likely N-dealkylation sites (N-methyl/N-ethyl adjacent to an activating group) is 1. The van der Waals surface area contributed by atoms with E-state index in [4.69, 9.17) is 9.72 Å². The highest BCUT2D eigenvalue weighted by Crippen LogP contribution is 2.36. The molecule has 0 bridgehead atoms. The number of fused-ring (bicyclic) bond motifs is 2. The number of aromatic nitrogens is 2. The summed E-state index contributed by atoms with van der Waals surface area (Å²) in [5.74, 6) is 1.15. The highest BCUT2D eigenvalue weighted by atomic mass is 16.5. The number of carbonyl (C=O) groups excluding carboxylic acids is 2. The number of para-hydroxylation sites is 2. The van der Waals surface area contributed by atoms with Crippen LogP contribution in [-0.2, 0) is 10.2 Å². The molecule has 1 amide bonds. The molecule has 1 aromatic heterocycles. The number of ether oxygens (including phenoxy) is 1. The Bertz CT molecular complexity index is 1480.